The van der Waals surface area contributed by atoms with Crippen LogP contribution in [0.4, 0.5) is 5.82 Å². The first kappa shape index (κ1) is 17.4. The molecule has 2 nitrogen and oxygen atoms in total. The number of aryl methyl sites for hydroxylation is 2. The quantitative estimate of drug-likeness (QED) is 0.487. The molecular formula is C22H21ClN2. The molecule has 0 fully saturated rings. The highest BCUT2D eigenvalue weighted by atomic mass is 35.5. The number of halogens is 1. The van der Waals surface area contributed by atoms with Crippen molar-refractivity contribution in [3.63, 3.8) is 0 Å². The second-order valence-electron chi connectivity index (χ2n) is 6.09. The predicted octanol–water partition coefficient (Wildman–Crippen LogP) is 6.61. The minimum absolute atomic E-state index is 0.706. The molecule has 0 aliphatic carbocycles. The molecule has 0 radical (unpaired) electrons. The second kappa shape index (κ2) is 7.62. The molecule has 3 heteroatoms. The topological polar surface area (TPSA) is 25.2 Å². The first-order chi connectivity index (χ1) is 12.1. The summed E-state index contributed by atoms with van der Waals surface area (Å²) in [4.78, 5) is 9.47. The van der Waals surface area contributed by atoms with Gasteiger partial charge in [-0.2, -0.15) is 0 Å². The zero-order chi connectivity index (χ0) is 17.8. The maximum atomic E-state index is 6.55. The van der Waals surface area contributed by atoms with Crippen molar-refractivity contribution in [2.24, 2.45) is 4.99 Å². The van der Waals surface area contributed by atoms with Crippen molar-refractivity contribution in [1.29, 1.82) is 0 Å². The molecule has 0 atom stereocenters. The van der Waals surface area contributed by atoms with Crippen LogP contribution in [0.15, 0.2) is 65.7 Å². The number of aromatic nitrogens is 1. The molecule has 0 N–H and O–H groups in total. The number of hydrogen-bond acceptors (Lipinski definition) is 2. The highest BCUT2D eigenvalue weighted by Gasteiger charge is 2.06. The molecule has 3 rings (SSSR count). The van der Waals surface area contributed by atoms with Crippen molar-refractivity contribution in [2.75, 3.05) is 0 Å². The van der Waals surface area contributed by atoms with Gasteiger partial charge in [-0.1, -0.05) is 61.0 Å². The molecule has 0 amide bonds. The van der Waals surface area contributed by atoms with Gasteiger partial charge in [0.25, 0.3) is 0 Å². The minimum Gasteiger partial charge on any atom is -0.233 e. The Labute approximate surface area is 153 Å². The summed E-state index contributed by atoms with van der Waals surface area (Å²) in [5.74, 6) is 0.751. The van der Waals surface area contributed by atoms with Crippen LogP contribution in [0.3, 0.4) is 0 Å². The van der Waals surface area contributed by atoms with Crippen LogP contribution in [0.2, 0.25) is 0 Å². The van der Waals surface area contributed by atoms with E-state index >= 15 is 0 Å². The van der Waals surface area contributed by atoms with Crippen molar-refractivity contribution in [2.45, 2.75) is 27.2 Å². The molecule has 0 aliphatic rings. The van der Waals surface area contributed by atoms with E-state index in [2.05, 4.69) is 32.0 Å². The number of benzene rings is 2. The fraction of sp³-hybridized carbons (Fsp3) is 0.182. The molecule has 1 heterocycles. The molecule has 126 valence electrons. The molecule has 2 aromatic carbocycles. The molecule has 25 heavy (non-hydrogen) atoms. The van der Waals surface area contributed by atoms with E-state index in [9.17, 15) is 0 Å². The first-order valence-electron chi connectivity index (χ1n) is 8.45. The van der Waals surface area contributed by atoms with Crippen molar-refractivity contribution in [3.05, 3.63) is 77.4 Å². The molecule has 1 aromatic heterocycles. The molecule has 3 aromatic rings. The van der Waals surface area contributed by atoms with Crippen LogP contribution in [0.25, 0.3) is 15.9 Å². The van der Waals surface area contributed by atoms with Gasteiger partial charge in [0.05, 0.1) is 5.52 Å². The van der Waals surface area contributed by atoms with E-state index in [1.807, 2.05) is 49.4 Å². The summed E-state index contributed by atoms with van der Waals surface area (Å²) in [7, 11) is 0. The van der Waals surface area contributed by atoms with E-state index in [4.69, 9.17) is 21.6 Å². The standard InChI is InChI=1S/C22H21ClN2/c1-4-18(14-20(23)19-11-7-5-9-15(19)2)24-22-16(3)13-17-10-6-8-12-21(17)25-22/h5-14H,4H2,1-3H3/b20-14+,24-18+. The Hall–Kier alpha value is -2.45. The van der Waals surface area contributed by atoms with Crippen molar-refractivity contribution in [3.8, 4) is 0 Å². The van der Waals surface area contributed by atoms with E-state index in [1.165, 1.54) is 0 Å². The van der Waals surface area contributed by atoms with Crippen LogP contribution in [-0.4, -0.2) is 10.7 Å². The minimum atomic E-state index is 0.706. The zero-order valence-electron chi connectivity index (χ0n) is 14.8. The Kier molecular flexibility index (Phi) is 5.30. The van der Waals surface area contributed by atoms with Gasteiger partial charge in [0.1, 0.15) is 0 Å². The van der Waals surface area contributed by atoms with E-state index in [0.717, 1.165) is 45.5 Å². The summed E-state index contributed by atoms with van der Waals surface area (Å²) in [5.41, 5.74) is 5.12. The predicted molar refractivity (Wildman–Crippen MR) is 109 cm³/mol. The Morgan fingerprint density at radius 2 is 1.76 bits per heavy atom. The fourth-order valence-corrected chi connectivity index (χ4v) is 3.08. The van der Waals surface area contributed by atoms with E-state index in [1.54, 1.807) is 0 Å². The van der Waals surface area contributed by atoms with Gasteiger partial charge >= 0.3 is 0 Å². The lowest BCUT2D eigenvalue weighted by Gasteiger charge is -2.07. The third kappa shape index (κ3) is 3.97. The number of aliphatic imine (C=N–C) groups is 1. The number of para-hydroxylation sites is 1. The average Bonchev–Trinajstić information content (AvgIpc) is 2.61. The van der Waals surface area contributed by atoms with Crippen LogP contribution in [0, 0.1) is 13.8 Å². The smallest absolute Gasteiger partial charge is 0.155 e. The van der Waals surface area contributed by atoms with Gasteiger partial charge in [-0.15, -0.1) is 0 Å². The summed E-state index contributed by atoms with van der Waals surface area (Å²) >= 11 is 6.55. The van der Waals surface area contributed by atoms with Crippen LogP contribution in [0.1, 0.15) is 30.0 Å². The van der Waals surface area contributed by atoms with Crippen molar-refractivity contribution >= 4 is 39.1 Å². The van der Waals surface area contributed by atoms with Crippen LogP contribution in [0.5, 0.6) is 0 Å². The van der Waals surface area contributed by atoms with Crippen molar-refractivity contribution in [1.82, 2.24) is 4.98 Å². The summed E-state index contributed by atoms with van der Waals surface area (Å²) in [6.07, 6.45) is 2.73. The largest absolute Gasteiger partial charge is 0.233 e. The molecule has 0 spiro atoms. The third-order valence-corrected chi connectivity index (χ3v) is 4.51. The molecule has 0 saturated carbocycles. The summed E-state index contributed by atoms with van der Waals surface area (Å²) in [5, 5.41) is 1.84. The lowest BCUT2D eigenvalue weighted by Crippen LogP contribution is -1.94. The van der Waals surface area contributed by atoms with Crippen LogP contribution in [-0.2, 0) is 0 Å². The van der Waals surface area contributed by atoms with Gasteiger partial charge in [0, 0.05) is 16.1 Å². The number of fused-ring (bicyclic) bond motifs is 1. The van der Waals surface area contributed by atoms with Gasteiger partial charge in [0.15, 0.2) is 5.82 Å². The summed E-state index contributed by atoms with van der Waals surface area (Å²) in [6, 6.07) is 18.3. The number of pyridine rings is 1. The van der Waals surface area contributed by atoms with Crippen molar-refractivity contribution < 1.29 is 0 Å². The highest BCUT2D eigenvalue weighted by Crippen LogP contribution is 2.25. The van der Waals surface area contributed by atoms with Gasteiger partial charge in [0.2, 0.25) is 0 Å². The zero-order valence-corrected chi connectivity index (χ0v) is 15.5. The number of hydrogen-bond donors (Lipinski definition) is 0. The molecule has 0 bridgehead atoms. The lowest BCUT2D eigenvalue weighted by atomic mass is 10.1. The summed E-state index contributed by atoms with van der Waals surface area (Å²) < 4.78 is 0. The maximum absolute atomic E-state index is 6.55. The number of rotatable bonds is 4. The maximum Gasteiger partial charge on any atom is 0.155 e. The SMILES string of the molecule is CCC(/C=C(/Cl)c1ccccc1C)=N\c1nc2ccccc2cc1C. The van der Waals surface area contributed by atoms with E-state index < -0.39 is 0 Å². The molecule has 0 aliphatic heterocycles. The lowest BCUT2D eigenvalue weighted by molar-refractivity contribution is 1.23. The van der Waals surface area contributed by atoms with Gasteiger partial charge in [-0.3, -0.25) is 0 Å². The number of allylic oxidation sites excluding steroid dienone is 1. The van der Waals surface area contributed by atoms with Gasteiger partial charge in [-0.05, 0) is 55.2 Å². The second-order valence-corrected chi connectivity index (χ2v) is 6.49. The summed E-state index contributed by atoms with van der Waals surface area (Å²) in [6.45, 7) is 6.18. The fourth-order valence-electron chi connectivity index (χ4n) is 2.74. The monoisotopic (exact) mass is 348 g/mol. The first-order valence-corrected chi connectivity index (χ1v) is 8.83. The van der Waals surface area contributed by atoms with E-state index in [-0.39, 0.29) is 0 Å². The molecular weight excluding hydrogens is 328 g/mol. The highest BCUT2D eigenvalue weighted by molar-refractivity contribution is 6.50. The Balaban J connectivity index is 2.02. The van der Waals surface area contributed by atoms with Gasteiger partial charge < -0.3 is 0 Å². The Morgan fingerprint density at radius 1 is 1.04 bits per heavy atom. The number of nitrogens with zero attached hydrogens (tertiary/aromatic N) is 2. The normalized spacial score (nSPS) is 12.6. The van der Waals surface area contributed by atoms with E-state index in [0.29, 0.717) is 5.03 Å². The Morgan fingerprint density at radius 3 is 2.52 bits per heavy atom. The average molecular weight is 349 g/mol. The van der Waals surface area contributed by atoms with Gasteiger partial charge in [-0.25, -0.2) is 9.98 Å². The molecule has 0 saturated heterocycles. The third-order valence-electron chi connectivity index (χ3n) is 4.20. The van der Waals surface area contributed by atoms with Crippen LogP contribution >= 0.6 is 11.6 Å². The Bertz CT molecular complexity index is 971. The molecule has 0 unspecified atom stereocenters. The van der Waals surface area contributed by atoms with Crippen LogP contribution < -0.4 is 0 Å².